The molecule has 1 aliphatic rings. The summed E-state index contributed by atoms with van der Waals surface area (Å²) < 4.78 is 0. The molecule has 0 aromatic carbocycles. The molecule has 0 bridgehead atoms. The second kappa shape index (κ2) is 4.26. The van der Waals surface area contributed by atoms with E-state index in [2.05, 4.69) is 20.9 Å². The van der Waals surface area contributed by atoms with E-state index < -0.39 is 0 Å². The van der Waals surface area contributed by atoms with Gasteiger partial charge in [0.05, 0.1) is 17.5 Å². The van der Waals surface area contributed by atoms with Crippen molar-refractivity contribution in [2.45, 2.75) is 26.2 Å². The van der Waals surface area contributed by atoms with Gasteiger partial charge < -0.3 is 4.90 Å². The summed E-state index contributed by atoms with van der Waals surface area (Å²) in [7, 11) is 0. The third-order valence-corrected chi connectivity index (χ3v) is 2.73. The normalized spacial score (nSPS) is 16.1. The Morgan fingerprint density at radius 3 is 2.67 bits per heavy atom. The van der Waals surface area contributed by atoms with Crippen LogP contribution in [0.4, 0.5) is 5.95 Å². The third kappa shape index (κ3) is 2.07. The van der Waals surface area contributed by atoms with Crippen LogP contribution < -0.4 is 4.90 Å². The largest absolute Gasteiger partial charge is 0.341 e. The molecule has 2 rings (SSSR count). The van der Waals surface area contributed by atoms with E-state index >= 15 is 0 Å². The van der Waals surface area contributed by atoms with Gasteiger partial charge in [0, 0.05) is 13.1 Å². The Morgan fingerprint density at radius 1 is 1.33 bits per heavy atom. The first-order valence-corrected chi connectivity index (χ1v) is 5.30. The van der Waals surface area contributed by atoms with Gasteiger partial charge in [-0.25, -0.2) is 9.97 Å². The first-order chi connectivity index (χ1) is 7.31. The van der Waals surface area contributed by atoms with Gasteiger partial charge in [0.1, 0.15) is 6.07 Å². The zero-order valence-electron chi connectivity index (χ0n) is 8.90. The van der Waals surface area contributed by atoms with Crippen LogP contribution in [0.3, 0.4) is 0 Å². The van der Waals surface area contributed by atoms with E-state index in [1.165, 1.54) is 19.3 Å². The molecule has 0 unspecified atom stereocenters. The summed E-state index contributed by atoms with van der Waals surface area (Å²) in [6.45, 7) is 3.92. The highest BCUT2D eigenvalue weighted by Crippen LogP contribution is 2.16. The van der Waals surface area contributed by atoms with Crippen molar-refractivity contribution in [1.29, 1.82) is 5.26 Å². The van der Waals surface area contributed by atoms with Crippen molar-refractivity contribution >= 4 is 5.95 Å². The topological polar surface area (TPSA) is 52.8 Å². The van der Waals surface area contributed by atoms with Crippen LogP contribution in [0.25, 0.3) is 0 Å². The van der Waals surface area contributed by atoms with Crippen LogP contribution in [-0.2, 0) is 0 Å². The average molecular weight is 202 g/mol. The fourth-order valence-corrected chi connectivity index (χ4v) is 1.81. The van der Waals surface area contributed by atoms with Crippen molar-refractivity contribution in [2.24, 2.45) is 0 Å². The number of piperidine rings is 1. The molecule has 1 aromatic rings. The molecule has 4 nitrogen and oxygen atoms in total. The van der Waals surface area contributed by atoms with Crippen LogP contribution in [0, 0.1) is 18.3 Å². The molecule has 1 fully saturated rings. The lowest BCUT2D eigenvalue weighted by atomic mass is 10.1. The maximum absolute atomic E-state index is 8.78. The predicted octanol–water partition coefficient (Wildman–Crippen LogP) is 1.65. The van der Waals surface area contributed by atoms with E-state index in [-0.39, 0.29) is 0 Å². The number of nitriles is 1. The molecule has 1 aliphatic heterocycles. The van der Waals surface area contributed by atoms with E-state index in [0.29, 0.717) is 5.56 Å². The minimum atomic E-state index is 0.566. The molecule has 0 aliphatic carbocycles. The maximum atomic E-state index is 8.78. The molecule has 2 heterocycles. The summed E-state index contributed by atoms with van der Waals surface area (Å²) in [4.78, 5) is 10.8. The quantitative estimate of drug-likeness (QED) is 0.694. The molecule has 78 valence electrons. The second-order valence-corrected chi connectivity index (χ2v) is 3.83. The molecule has 0 N–H and O–H groups in total. The SMILES string of the molecule is Cc1nc(N2CCCCC2)ncc1C#N. The van der Waals surface area contributed by atoms with Crippen LogP contribution >= 0.6 is 0 Å². The number of anilines is 1. The molecular formula is C11H14N4. The lowest BCUT2D eigenvalue weighted by Gasteiger charge is -2.26. The van der Waals surface area contributed by atoms with Gasteiger partial charge in [-0.1, -0.05) is 0 Å². The average Bonchev–Trinajstić information content (AvgIpc) is 2.30. The van der Waals surface area contributed by atoms with Crippen molar-refractivity contribution in [3.63, 3.8) is 0 Å². The van der Waals surface area contributed by atoms with E-state index in [0.717, 1.165) is 24.7 Å². The molecule has 4 heteroatoms. The van der Waals surface area contributed by atoms with Crippen molar-refractivity contribution < 1.29 is 0 Å². The smallest absolute Gasteiger partial charge is 0.225 e. The standard InChI is InChI=1S/C11H14N4/c1-9-10(7-12)8-13-11(14-9)15-5-3-2-4-6-15/h8H,2-6H2,1H3. The zero-order chi connectivity index (χ0) is 10.7. The van der Waals surface area contributed by atoms with E-state index in [4.69, 9.17) is 5.26 Å². The van der Waals surface area contributed by atoms with E-state index in [9.17, 15) is 0 Å². The molecule has 1 saturated heterocycles. The second-order valence-electron chi connectivity index (χ2n) is 3.83. The number of hydrogen-bond donors (Lipinski definition) is 0. The van der Waals surface area contributed by atoms with Crippen LogP contribution in [0.1, 0.15) is 30.5 Å². The van der Waals surface area contributed by atoms with Gasteiger partial charge in [-0.3, -0.25) is 0 Å². The Balaban J connectivity index is 2.22. The Kier molecular flexibility index (Phi) is 2.82. The fraction of sp³-hybridized carbons (Fsp3) is 0.545. The van der Waals surface area contributed by atoms with Gasteiger partial charge in [0.2, 0.25) is 5.95 Å². The van der Waals surface area contributed by atoms with E-state index in [1.807, 2.05) is 6.92 Å². The predicted molar refractivity (Wildman–Crippen MR) is 57.5 cm³/mol. The van der Waals surface area contributed by atoms with Crippen LogP contribution in [0.5, 0.6) is 0 Å². The van der Waals surface area contributed by atoms with Crippen molar-refractivity contribution in [2.75, 3.05) is 18.0 Å². The minimum absolute atomic E-state index is 0.566. The van der Waals surface area contributed by atoms with Crippen LogP contribution in [0.15, 0.2) is 6.20 Å². The van der Waals surface area contributed by atoms with Crippen molar-refractivity contribution in [3.05, 3.63) is 17.5 Å². The van der Waals surface area contributed by atoms with Crippen molar-refractivity contribution in [3.8, 4) is 6.07 Å². The van der Waals surface area contributed by atoms with Gasteiger partial charge in [-0.2, -0.15) is 5.26 Å². The number of hydrogen-bond acceptors (Lipinski definition) is 4. The van der Waals surface area contributed by atoms with E-state index in [1.54, 1.807) is 6.20 Å². The van der Waals surface area contributed by atoms with Crippen LogP contribution in [0.2, 0.25) is 0 Å². The van der Waals surface area contributed by atoms with Gasteiger partial charge in [0.15, 0.2) is 0 Å². The number of aryl methyl sites for hydroxylation is 1. The molecule has 0 atom stereocenters. The summed E-state index contributed by atoms with van der Waals surface area (Å²) >= 11 is 0. The monoisotopic (exact) mass is 202 g/mol. The van der Waals surface area contributed by atoms with Gasteiger partial charge in [-0.15, -0.1) is 0 Å². The van der Waals surface area contributed by atoms with Gasteiger partial charge >= 0.3 is 0 Å². The highest BCUT2D eigenvalue weighted by molar-refractivity contribution is 5.37. The lowest BCUT2D eigenvalue weighted by molar-refractivity contribution is 0.567. The highest BCUT2D eigenvalue weighted by atomic mass is 15.2. The first-order valence-electron chi connectivity index (χ1n) is 5.30. The molecule has 15 heavy (non-hydrogen) atoms. The maximum Gasteiger partial charge on any atom is 0.225 e. The summed E-state index contributed by atoms with van der Waals surface area (Å²) in [5, 5.41) is 8.78. The first kappa shape index (κ1) is 9.91. The Bertz CT molecular complexity index is 388. The molecule has 0 saturated carbocycles. The summed E-state index contributed by atoms with van der Waals surface area (Å²) in [6.07, 6.45) is 5.34. The van der Waals surface area contributed by atoms with Crippen molar-refractivity contribution in [1.82, 2.24) is 9.97 Å². The minimum Gasteiger partial charge on any atom is -0.341 e. The zero-order valence-corrected chi connectivity index (χ0v) is 8.90. The fourth-order valence-electron chi connectivity index (χ4n) is 1.81. The summed E-state index contributed by atoms with van der Waals surface area (Å²) in [5.41, 5.74) is 1.34. The highest BCUT2D eigenvalue weighted by Gasteiger charge is 2.14. The molecule has 0 amide bonds. The summed E-state index contributed by atoms with van der Waals surface area (Å²) in [6, 6.07) is 2.08. The molecule has 0 radical (unpaired) electrons. The van der Waals surface area contributed by atoms with Crippen LogP contribution in [-0.4, -0.2) is 23.1 Å². The molecule has 1 aromatic heterocycles. The number of nitrogens with zero attached hydrogens (tertiary/aromatic N) is 4. The summed E-state index contributed by atoms with van der Waals surface area (Å²) in [5.74, 6) is 0.770. The Hall–Kier alpha value is -1.63. The number of rotatable bonds is 1. The molecular weight excluding hydrogens is 188 g/mol. The molecule has 0 spiro atoms. The number of aromatic nitrogens is 2. The van der Waals surface area contributed by atoms with Gasteiger partial charge in [-0.05, 0) is 26.2 Å². The third-order valence-electron chi connectivity index (χ3n) is 2.73. The Morgan fingerprint density at radius 2 is 2.07 bits per heavy atom. The Labute approximate surface area is 89.6 Å². The lowest BCUT2D eigenvalue weighted by Crippen LogP contribution is -2.31. The van der Waals surface area contributed by atoms with Gasteiger partial charge in [0.25, 0.3) is 0 Å².